The van der Waals surface area contributed by atoms with Gasteiger partial charge in [0.1, 0.15) is 18.0 Å². The Hall–Kier alpha value is -2.93. The van der Waals surface area contributed by atoms with E-state index in [9.17, 15) is 9.90 Å². The van der Waals surface area contributed by atoms with E-state index in [1.165, 1.54) is 21.3 Å². The second-order valence-electron chi connectivity index (χ2n) is 7.44. The monoisotopic (exact) mass is 402 g/mol. The number of aliphatic hydroxyl groups excluding tert-OH is 1. The molecule has 1 N–H and O–H groups in total. The predicted molar refractivity (Wildman–Crippen MR) is 106 cm³/mol. The molecule has 0 amide bonds. The normalized spacial score (nSPS) is 17.0. The summed E-state index contributed by atoms with van der Waals surface area (Å²) in [7, 11) is 4.57. The molecule has 29 heavy (non-hydrogen) atoms. The number of hydrogen-bond donors (Lipinski definition) is 1. The van der Waals surface area contributed by atoms with Crippen LogP contribution in [0.5, 0.6) is 23.0 Å². The van der Waals surface area contributed by atoms with Gasteiger partial charge < -0.3 is 28.8 Å². The van der Waals surface area contributed by atoms with Gasteiger partial charge >= 0.3 is 5.97 Å². The molecule has 0 spiro atoms. The highest BCUT2D eigenvalue weighted by molar-refractivity contribution is 5.90. The molecule has 3 rings (SSSR count). The maximum Gasteiger partial charge on any atom is 0.338 e. The molecule has 1 aliphatic rings. The van der Waals surface area contributed by atoms with E-state index in [1.807, 2.05) is 13.8 Å². The summed E-state index contributed by atoms with van der Waals surface area (Å²) in [5.41, 5.74) is 1.17. The first-order valence-electron chi connectivity index (χ1n) is 9.25. The Kier molecular flexibility index (Phi) is 5.88. The van der Waals surface area contributed by atoms with Gasteiger partial charge in [0.15, 0.2) is 11.5 Å². The molecule has 1 unspecified atom stereocenters. The third-order valence-corrected chi connectivity index (χ3v) is 4.77. The fraction of sp³-hybridized carbons (Fsp3) is 0.409. The average molecular weight is 402 g/mol. The summed E-state index contributed by atoms with van der Waals surface area (Å²) in [4.78, 5) is 12.5. The van der Waals surface area contributed by atoms with Crippen molar-refractivity contribution in [2.45, 2.75) is 38.6 Å². The minimum Gasteiger partial charge on any atom is -0.493 e. The quantitative estimate of drug-likeness (QED) is 0.738. The van der Waals surface area contributed by atoms with E-state index in [2.05, 4.69) is 0 Å². The summed E-state index contributed by atoms with van der Waals surface area (Å²) in [6, 6.07) is 8.38. The smallest absolute Gasteiger partial charge is 0.338 e. The zero-order valence-corrected chi connectivity index (χ0v) is 17.3. The van der Waals surface area contributed by atoms with Crippen molar-refractivity contribution in [2.24, 2.45) is 0 Å². The molecule has 7 heteroatoms. The molecular formula is C22H26O7. The first kappa shape index (κ1) is 20.8. The first-order chi connectivity index (χ1) is 13.8. The molecule has 1 atom stereocenters. The zero-order chi connectivity index (χ0) is 21.2. The molecule has 0 radical (unpaired) electrons. The van der Waals surface area contributed by atoms with Gasteiger partial charge in [-0.3, -0.25) is 0 Å². The molecule has 2 aromatic rings. The summed E-state index contributed by atoms with van der Waals surface area (Å²) < 4.78 is 27.2. The third-order valence-electron chi connectivity index (χ3n) is 4.77. The van der Waals surface area contributed by atoms with Crippen LogP contribution in [0, 0.1) is 0 Å². The number of ether oxygens (including phenoxy) is 5. The van der Waals surface area contributed by atoms with Crippen LogP contribution in [-0.2, 0) is 11.3 Å². The fourth-order valence-electron chi connectivity index (χ4n) is 3.39. The van der Waals surface area contributed by atoms with Crippen molar-refractivity contribution in [2.75, 3.05) is 21.3 Å². The minimum atomic E-state index is -0.698. The van der Waals surface area contributed by atoms with E-state index >= 15 is 0 Å². The van der Waals surface area contributed by atoms with Gasteiger partial charge in [-0.25, -0.2) is 4.79 Å². The van der Waals surface area contributed by atoms with Crippen molar-refractivity contribution >= 4 is 5.97 Å². The van der Waals surface area contributed by atoms with Crippen LogP contribution >= 0.6 is 0 Å². The molecular weight excluding hydrogens is 376 g/mol. The number of methoxy groups -OCH3 is 3. The molecule has 156 valence electrons. The summed E-state index contributed by atoms with van der Waals surface area (Å²) in [5, 5.41) is 10.4. The van der Waals surface area contributed by atoms with Gasteiger partial charge in [0.2, 0.25) is 5.75 Å². The molecule has 1 heterocycles. The van der Waals surface area contributed by atoms with Gasteiger partial charge in [0, 0.05) is 12.0 Å². The minimum absolute atomic E-state index is 0.0265. The van der Waals surface area contributed by atoms with E-state index < -0.39 is 17.7 Å². The largest absolute Gasteiger partial charge is 0.493 e. The summed E-state index contributed by atoms with van der Waals surface area (Å²) >= 11 is 0. The van der Waals surface area contributed by atoms with Gasteiger partial charge in [-0.05, 0) is 49.7 Å². The zero-order valence-electron chi connectivity index (χ0n) is 17.3. The second-order valence-corrected chi connectivity index (χ2v) is 7.44. The third kappa shape index (κ3) is 4.40. The van der Waals surface area contributed by atoms with Gasteiger partial charge in [-0.1, -0.05) is 0 Å². The number of fused-ring (bicyclic) bond motifs is 1. The second kappa shape index (κ2) is 8.21. The molecule has 0 saturated carbocycles. The molecule has 1 aliphatic heterocycles. The number of hydrogen-bond acceptors (Lipinski definition) is 7. The van der Waals surface area contributed by atoms with Crippen molar-refractivity contribution in [3.8, 4) is 23.0 Å². The van der Waals surface area contributed by atoms with Crippen molar-refractivity contribution in [1.82, 2.24) is 0 Å². The van der Waals surface area contributed by atoms with Crippen LogP contribution in [0.3, 0.4) is 0 Å². The Balaban J connectivity index is 1.76. The molecule has 0 aliphatic carbocycles. The highest BCUT2D eigenvalue weighted by Crippen LogP contribution is 2.40. The molecule has 7 nitrogen and oxygen atoms in total. The standard InChI is InChI=1S/C22H26O7/c1-22(2)11-16(23)15-10-14(6-7-17(15)29-22)21(24)28-12-13-8-18(25-3)20(27-5)19(9-13)26-4/h6-10,16,23H,11-12H2,1-5H3. The van der Waals surface area contributed by atoms with E-state index in [0.29, 0.717) is 46.1 Å². The number of carbonyl (C=O) groups is 1. The van der Waals surface area contributed by atoms with Crippen LogP contribution in [0.1, 0.15) is 47.9 Å². The molecule has 2 aromatic carbocycles. The van der Waals surface area contributed by atoms with Crippen LogP contribution < -0.4 is 18.9 Å². The lowest BCUT2D eigenvalue weighted by atomic mass is 9.91. The highest BCUT2D eigenvalue weighted by Gasteiger charge is 2.33. The number of esters is 1. The van der Waals surface area contributed by atoms with Crippen LogP contribution in [0.15, 0.2) is 30.3 Å². The van der Waals surface area contributed by atoms with Crippen molar-refractivity contribution < 1.29 is 33.6 Å². The lowest BCUT2D eigenvalue weighted by Crippen LogP contribution is -2.34. The summed E-state index contributed by atoms with van der Waals surface area (Å²) in [6.07, 6.45) is -0.249. The highest BCUT2D eigenvalue weighted by atomic mass is 16.5. The van der Waals surface area contributed by atoms with Gasteiger partial charge in [-0.15, -0.1) is 0 Å². The van der Waals surface area contributed by atoms with Crippen molar-refractivity contribution in [3.05, 3.63) is 47.0 Å². The lowest BCUT2D eigenvalue weighted by molar-refractivity contribution is 0.0114. The Morgan fingerprint density at radius 3 is 2.34 bits per heavy atom. The Bertz CT molecular complexity index is 879. The number of carbonyl (C=O) groups excluding carboxylic acids is 1. The van der Waals surface area contributed by atoms with Crippen molar-refractivity contribution in [3.63, 3.8) is 0 Å². The fourth-order valence-corrected chi connectivity index (χ4v) is 3.39. The lowest BCUT2D eigenvalue weighted by Gasteiger charge is -2.35. The Morgan fingerprint density at radius 2 is 1.76 bits per heavy atom. The molecule has 0 bridgehead atoms. The maximum absolute atomic E-state index is 12.5. The molecule has 0 aromatic heterocycles. The number of aliphatic hydroxyl groups is 1. The van der Waals surface area contributed by atoms with Gasteiger partial charge in [0.25, 0.3) is 0 Å². The topological polar surface area (TPSA) is 83.5 Å². The van der Waals surface area contributed by atoms with Crippen LogP contribution in [0.25, 0.3) is 0 Å². The van der Waals surface area contributed by atoms with E-state index in [0.717, 1.165) is 0 Å². The Labute approximate surface area is 170 Å². The van der Waals surface area contributed by atoms with Crippen LogP contribution in [0.2, 0.25) is 0 Å². The van der Waals surface area contributed by atoms with E-state index in [1.54, 1.807) is 30.3 Å². The molecule has 0 saturated heterocycles. The van der Waals surface area contributed by atoms with Gasteiger partial charge in [-0.2, -0.15) is 0 Å². The average Bonchev–Trinajstić information content (AvgIpc) is 2.69. The summed E-state index contributed by atoms with van der Waals surface area (Å²) in [6.45, 7) is 3.86. The first-order valence-corrected chi connectivity index (χ1v) is 9.25. The molecule has 0 fully saturated rings. The van der Waals surface area contributed by atoms with Gasteiger partial charge in [0.05, 0.1) is 33.0 Å². The van der Waals surface area contributed by atoms with Crippen LogP contribution in [0.4, 0.5) is 0 Å². The summed E-state index contributed by atoms with van der Waals surface area (Å²) in [5.74, 6) is 1.51. The van der Waals surface area contributed by atoms with E-state index in [-0.39, 0.29) is 6.61 Å². The number of benzene rings is 2. The SMILES string of the molecule is COc1cc(COC(=O)c2ccc3c(c2)C(O)CC(C)(C)O3)cc(OC)c1OC. The van der Waals surface area contributed by atoms with Crippen molar-refractivity contribution in [1.29, 1.82) is 0 Å². The number of rotatable bonds is 6. The Morgan fingerprint density at radius 1 is 1.10 bits per heavy atom. The predicted octanol–water partition coefficient (Wildman–Crippen LogP) is 3.66. The maximum atomic E-state index is 12.5. The van der Waals surface area contributed by atoms with Crippen LogP contribution in [-0.4, -0.2) is 38.0 Å². The van der Waals surface area contributed by atoms with E-state index in [4.69, 9.17) is 23.7 Å².